The molecule has 1 amide bonds. The van der Waals surface area contributed by atoms with Crippen molar-refractivity contribution in [2.45, 2.75) is 12.8 Å². The Kier molecular flexibility index (Phi) is 3.52. The van der Waals surface area contributed by atoms with Gasteiger partial charge in [0, 0.05) is 24.3 Å². The molecule has 1 fully saturated rings. The van der Waals surface area contributed by atoms with E-state index in [1.54, 1.807) is 23.1 Å². The van der Waals surface area contributed by atoms with Gasteiger partial charge in [0.15, 0.2) is 0 Å². The summed E-state index contributed by atoms with van der Waals surface area (Å²) in [4.78, 5) is 17.8. The molecule has 0 saturated carbocycles. The minimum atomic E-state index is 0.164. The van der Waals surface area contributed by atoms with E-state index in [-0.39, 0.29) is 5.91 Å². The molecule has 1 aromatic carbocycles. The van der Waals surface area contributed by atoms with E-state index in [1.807, 2.05) is 30.3 Å². The highest BCUT2D eigenvalue weighted by atomic mass is 16.2. The first-order valence-electron chi connectivity index (χ1n) is 6.81. The summed E-state index contributed by atoms with van der Waals surface area (Å²) >= 11 is 0. The van der Waals surface area contributed by atoms with Gasteiger partial charge < -0.3 is 10.2 Å². The molecule has 1 N–H and O–H groups in total. The molecular weight excluding hydrogens is 264 g/mol. The van der Waals surface area contributed by atoms with Crippen molar-refractivity contribution >= 4 is 23.1 Å². The molecule has 0 bridgehead atoms. The minimum Gasteiger partial charge on any atom is -0.340 e. The molecule has 1 saturated heterocycles. The van der Waals surface area contributed by atoms with E-state index < -0.39 is 0 Å². The second kappa shape index (κ2) is 5.63. The Balaban J connectivity index is 1.83. The first kappa shape index (κ1) is 13.1. The lowest BCUT2D eigenvalue weighted by atomic mass is 10.2. The number of nitrogens with one attached hydrogen (secondary N) is 1. The van der Waals surface area contributed by atoms with Crippen LogP contribution >= 0.6 is 0 Å². The molecule has 1 aliphatic rings. The number of pyridine rings is 1. The van der Waals surface area contributed by atoms with Gasteiger partial charge in [-0.2, -0.15) is 5.26 Å². The quantitative estimate of drug-likeness (QED) is 0.937. The highest BCUT2D eigenvalue weighted by molar-refractivity contribution is 5.95. The predicted molar refractivity (Wildman–Crippen MR) is 80.3 cm³/mol. The van der Waals surface area contributed by atoms with Gasteiger partial charge in [-0.3, -0.25) is 4.79 Å². The molecule has 0 atom stereocenters. The molecular formula is C16H14N4O. The monoisotopic (exact) mass is 278 g/mol. The maximum absolute atomic E-state index is 11.8. The first-order chi connectivity index (χ1) is 10.3. The van der Waals surface area contributed by atoms with E-state index in [0.717, 1.165) is 24.3 Å². The van der Waals surface area contributed by atoms with Crippen LogP contribution in [0.5, 0.6) is 0 Å². The SMILES string of the molecule is N#Cc1cccc(Nc2cccc(N3CCCC3=O)c2)n1. The standard InChI is InChI=1S/C16H14N4O/c17-11-13-5-2-7-15(19-13)18-12-4-1-6-14(10-12)20-9-3-8-16(20)21/h1-2,4-7,10H,3,8-9H2,(H,18,19). The molecule has 3 rings (SSSR count). The van der Waals surface area contributed by atoms with Gasteiger partial charge in [-0.05, 0) is 36.8 Å². The number of rotatable bonds is 3. The fraction of sp³-hybridized carbons (Fsp3) is 0.188. The van der Waals surface area contributed by atoms with E-state index in [9.17, 15) is 4.79 Å². The lowest BCUT2D eigenvalue weighted by Gasteiger charge is -2.17. The lowest BCUT2D eigenvalue weighted by Crippen LogP contribution is -2.23. The Bertz CT molecular complexity index is 720. The Labute approximate surface area is 122 Å². The molecule has 21 heavy (non-hydrogen) atoms. The van der Waals surface area contributed by atoms with Gasteiger partial charge in [0.2, 0.25) is 5.91 Å². The van der Waals surface area contributed by atoms with Gasteiger partial charge in [0.25, 0.3) is 0 Å². The van der Waals surface area contributed by atoms with Crippen molar-refractivity contribution < 1.29 is 4.79 Å². The summed E-state index contributed by atoms with van der Waals surface area (Å²) in [5.74, 6) is 0.774. The number of nitrogens with zero attached hydrogens (tertiary/aromatic N) is 3. The highest BCUT2D eigenvalue weighted by Crippen LogP contribution is 2.25. The van der Waals surface area contributed by atoms with Gasteiger partial charge in [0.1, 0.15) is 17.6 Å². The number of aromatic nitrogens is 1. The van der Waals surface area contributed by atoms with Crippen LogP contribution in [0.3, 0.4) is 0 Å². The van der Waals surface area contributed by atoms with Gasteiger partial charge in [-0.25, -0.2) is 4.98 Å². The fourth-order valence-electron chi connectivity index (χ4n) is 2.39. The van der Waals surface area contributed by atoms with Crippen LogP contribution in [-0.4, -0.2) is 17.4 Å². The molecule has 2 aromatic rings. The van der Waals surface area contributed by atoms with Crippen LogP contribution < -0.4 is 10.2 Å². The molecule has 5 nitrogen and oxygen atoms in total. The van der Waals surface area contributed by atoms with Crippen LogP contribution in [0.1, 0.15) is 18.5 Å². The van der Waals surface area contributed by atoms with Gasteiger partial charge in [-0.1, -0.05) is 12.1 Å². The summed E-state index contributed by atoms with van der Waals surface area (Å²) in [7, 11) is 0. The zero-order chi connectivity index (χ0) is 14.7. The van der Waals surface area contributed by atoms with Crippen LogP contribution in [0, 0.1) is 11.3 Å². The Hall–Kier alpha value is -2.87. The zero-order valence-corrected chi connectivity index (χ0v) is 11.4. The molecule has 0 radical (unpaired) electrons. The third-order valence-corrected chi connectivity index (χ3v) is 3.37. The summed E-state index contributed by atoms with van der Waals surface area (Å²) in [6.07, 6.45) is 1.52. The topological polar surface area (TPSA) is 69.0 Å². The third-order valence-electron chi connectivity index (χ3n) is 3.37. The number of nitriles is 1. The van der Waals surface area contributed by atoms with Gasteiger partial charge in [0.05, 0.1) is 0 Å². The minimum absolute atomic E-state index is 0.164. The van der Waals surface area contributed by atoms with E-state index in [0.29, 0.717) is 17.9 Å². The van der Waals surface area contributed by atoms with E-state index in [1.165, 1.54) is 0 Å². The van der Waals surface area contributed by atoms with E-state index >= 15 is 0 Å². The van der Waals surface area contributed by atoms with Gasteiger partial charge >= 0.3 is 0 Å². The Morgan fingerprint density at radius 2 is 2.10 bits per heavy atom. The summed E-state index contributed by atoms with van der Waals surface area (Å²) in [6.45, 7) is 0.768. The first-order valence-corrected chi connectivity index (χ1v) is 6.81. The Morgan fingerprint density at radius 1 is 1.24 bits per heavy atom. The third kappa shape index (κ3) is 2.84. The maximum atomic E-state index is 11.8. The number of anilines is 3. The van der Waals surface area contributed by atoms with E-state index in [2.05, 4.69) is 10.3 Å². The number of carbonyl (C=O) groups is 1. The highest BCUT2D eigenvalue weighted by Gasteiger charge is 2.21. The van der Waals surface area contributed by atoms with Crippen molar-refractivity contribution in [2.24, 2.45) is 0 Å². The molecule has 1 aromatic heterocycles. The second-order valence-corrected chi connectivity index (χ2v) is 4.84. The maximum Gasteiger partial charge on any atom is 0.227 e. The number of hydrogen-bond acceptors (Lipinski definition) is 4. The van der Waals surface area contributed by atoms with Crippen molar-refractivity contribution in [3.63, 3.8) is 0 Å². The van der Waals surface area contributed by atoms with Crippen molar-refractivity contribution in [1.29, 1.82) is 5.26 Å². The number of amides is 1. The average Bonchev–Trinajstić information content (AvgIpc) is 2.94. The molecule has 0 unspecified atom stereocenters. The summed E-state index contributed by atoms with van der Waals surface area (Å²) < 4.78 is 0. The number of hydrogen-bond donors (Lipinski definition) is 1. The van der Waals surface area contributed by atoms with Crippen LogP contribution in [0.2, 0.25) is 0 Å². The van der Waals surface area contributed by atoms with Crippen molar-refractivity contribution in [3.8, 4) is 6.07 Å². The molecule has 2 heterocycles. The van der Waals surface area contributed by atoms with Gasteiger partial charge in [-0.15, -0.1) is 0 Å². The number of carbonyl (C=O) groups excluding carboxylic acids is 1. The van der Waals surface area contributed by atoms with Crippen molar-refractivity contribution in [1.82, 2.24) is 4.98 Å². The molecule has 1 aliphatic heterocycles. The lowest BCUT2D eigenvalue weighted by molar-refractivity contribution is -0.117. The summed E-state index contributed by atoms with van der Waals surface area (Å²) in [6, 6.07) is 14.9. The molecule has 0 aliphatic carbocycles. The van der Waals surface area contributed by atoms with Crippen LogP contribution in [0.25, 0.3) is 0 Å². The smallest absolute Gasteiger partial charge is 0.227 e. The largest absolute Gasteiger partial charge is 0.340 e. The second-order valence-electron chi connectivity index (χ2n) is 4.84. The average molecular weight is 278 g/mol. The van der Waals surface area contributed by atoms with Crippen molar-refractivity contribution in [3.05, 3.63) is 48.2 Å². The Morgan fingerprint density at radius 3 is 2.86 bits per heavy atom. The predicted octanol–water partition coefficient (Wildman–Crippen LogP) is 2.82. The van der Waals surface area contributed by atoms with Crippen LogP contribution in [0.4, 0.5) is 17.2 Å². The molecule has 5 heteroatoms. The summed E-state index contributed by atoms with van der Waals surface area (Å²) in [5, 5.41) is 12.0. The van der Waals surface area contributed by atoms with Crippen LogP contribution in [-0.2, 0) is 4.79 Å². The normalized spacial score (nSPS) is 14.0. The van der Waals surface area contributed by atoms with Crippen LogP contribution in [0.15, 0.2) is 42.5 Å². The number of benzene rings is 1. The molecule has 104 valence electrons. The van der Waals surface area contributed by atoms with E-state index in [4.69, 9.17) is 5.26 Å². The zero-order valence-electron chi connectivity index (χ0n) is 11.4. The summed E-state index contributed by atoms with van der Waals surface area (Å²) in [5.41, 5.74) is 2.10. The van der Waals surface area contributed by atoms with Crippen molar-refractivity contribution in [2.75, 3.05) is 16.8 Å². The molecule has 0 spiro atoms. The fourth-order valence-corrected chi connectivity index (χ4v) is 2.39.